The van der Waals surface area contributed by atoms with E-state index < -0.39 is 17.6 Å². The first-order valence-corrected chi connectivity index (χ1v) is 6.26. The molecule has 17 heavy (non-hydrogen) atoms. The van der Waals surface area contributed by atoms with Crippen LogP contribution in [0, 0.1) is 0 Å². The average molecular weight is 322 g/mol. The van der Waals surface area contributed by atoms with Crippen molar-refractivity contribution in [2.75, 3.05) is 5.32 Å². The maximum atomic E-state index is 11.5. The van der Waals surface area contributed by atoms with Crippen molar-refractivity contribution in [3.05, 3.63) is 9.61 Å². The summed E-state index contributed by atoms with van der Waals surface area (Å²) in [6.07, 6.45) is -0.656. The summed E-state index contributed by atoms with van der Waals surface area (Å²) in [5, 5.41) is 2.70. The third-order valence-corrected chi connectivity index (χ3v) is 2.87. The van der Waals surface area contributed by atoms with Crippen molar-refractivity contribution in [1.29, 1.82) is 0 Å². The SMILES string of the molecule is CC(C)(C)OC(=O)Nc1sc(Br)nc1C(N)=O. The number of amides is 2. The van der Waals surface area contributed by atoms with Crippen LogP contribution < -0.4 is 11.1 Å². The Morgan fingerprint density at radius 3 is 2.53 bits per heavy atom. The Morgan fingerprint density at radius 2 is 2.06 bits per heavy atom. The predicted molar refractivity (Wildman–Crippen MR) is 68.2 cm³/mol. The van der Waals surface area contributed by atoms with Crippen LogP contribution in [0.5, 0.6) is 0 Å². The van der Waals surface area contributed by atoms with Gasteiger partial charge in [-0.2, -0.15) is 0 Å². The van der Waals surface area contributed by atoms with E-state index >= 15 is 0 Å². The summed E-state index contributed by atoms with van der Waals surface area (Å²) in [4.78, 5) is 26.4. The number of anilines is 1. The van der Waals surface area contributed by atoms with Crippen molar-refractivity contribution in [3.63, 3.8) is 0 Å². The summed E-state index contributed by atoms with van der Waals surface area (Å²) in [5.74, 6) is -0.710. The van der Waals surface area contributed by atoms with Crippen molar-refractivity contribution >= 4 is 44.3 Å². The van der Waals surface area contributed by atoms with Gasteiger partial charge in [-0.25, -0.2) is 9.78 Å². The normalized spacial score (nSPS) is 11.1. The number of carbonyl (C=O) groups is 2. The molecule has 0 aromatic carbocycles. The zero-order valence-electron chi connectivity index (χ0n) is 9.54. The van der Waals surface area contributed by atoms with Crippen molar-refractivity contribution in [3.8, 4) is 0 Å². The molecule has 1 aromatic heterocycles. The number of nitrogens with one attached hydrogen (secondary N) is 1. The molecule has 0 radical (unpaired) electrons. The van der Waals surface area contributed by atoms with Gasteiger partial charge in [0.1, 0.15) is 10.6 Å². The Kier molecular flexibility index (Phi) is 4.10. The topological polar surface area (TPSA) is 94.3 Å². The lowest BCUT2D eigenvalue weighted by molar-refractivity contribution is 0.0636. The van der Waals surface area contributed by atoms with Crippen molar-refractivity contribution in [1.82, 2.24) is 4.98 Å². The van der Waals surface area contributed by atoms with Crippen LogP contribution in [0.1, 0.15) is 31.3 Å². The Hall–Kier alpha value is -1.15. The van der Waals surface area contributed by atoms with E-state index in [0.717, 1.165) is 11.3 Å². The standard InChI is InChI=1S/C9H12BrN3O3S/c1-9(2,3)16-8(15)13-6-4(5(11)14)12-7(10)17-6/h1-3H3,(H2,11,14)(H,13,15). The summed E-state index contributed by atoms with van der Waals surface area (Å²) >= 11 is 4.20. The molecule has 6 nitrogen and oxygen atoms in total. The zero-order chi connectivity index (χ0) is 13.2. The van der Waals surface area contributed by atoms with Crippen LogP contribution in [0.2, 0.25) is 0 Å². The lowest BCUT2D eigenvalue weighted by atomic mass is 10.2. The van der Waals surface area contributed by atoms with Gasteiger partial charge in [0.05, 0.1) is 0 Å². The molecule has 1 heterocycles. The number of hydrogen-bond donors (Lipinski definition) is 2. The second-order valence-corrected chi connectivity index (χ2v) is 6.41. The van der Waals surface area contributed by atoms with E-state index in [1.165, 1.54) is 0 Å². The first-order valence-electron chi connectivity index (χ1n) is 4.65. The fraction of sp³-hybridized carbons (Fsp3) is 0.444. The van der Waals surface area contributed by atoms with Gasteiger partial charge >= 0.3 is 6.09 Å². The molecule has 0 aliphatic heterocycles. The molecule has 0 fully saturated rings. The highest BCUT2D eigenvalue weighted by Crippen LogP contribution is 2.28. The number of rotatable bonds is 2. The number of thiazole rings is 1. The number of nitrogens with zero attached hydrogens (tertiary/aromatic N) is 1. The quantitative estimate of drug-likeness (QED) is 0.874. The Morgan fingerprint density at radius 1 is 1.47 bits per heavy atom. The molecular formula is C9H12BrN3O3S. The summed E-state index contributed by atoms with van der Waals surface area (Å²) in [5.41, 5.74) is 4.52. The maximum absolute atomic E-state index is 11.5. The highest BCUT2D eigenvalue weighted by molar-refractivity contribution is 9.11. The van der Waals surface area contributed by atoms with Gasteiger partial charge in [0, 0.05) is 0 Å². The van der Waals surface area contributed by atoms with Crippen LogP contribution >= 0.6 is 27.3 Å². The van der Waals surface area contributed by atoms with Gasteiger partial charge in [-0.05, 0) is 36.7 Å². The van der Waals surface area contributed by atoms with Crippen molar-refractivity contribution < 1.29 is 14.3 Å². The van der Waals surface area contributed by atoms with Crippen LogP contribution in [-0.4, -0.2) is 22.6 Å². The molecule has 0 bridgehead atoms. The zero-order valence-corrected chi connectivity index (χ0v) is 11.9. The van der Waals surface area contributed by atoms with E-state index in [1.54, 1.807) is 20.8 Å². The van der Waals surface area contributed by atoms with Gasteiger partial charge in [-0.1, -0.05) is 11.3 Å². The van der Waals surface area contributed by atoms with E-state index in [2.05, 4.69) is 26.2 Å². The first kappa shape index (κ1) is 13.9. The predicted octanol–water partition coefficient (Wildman–Crippen LogP) is 2.35. The molecule has 0 saturated heterocycles. The molecule has 8 heteroatoms. The Labute approximate surface area is 111 Å². The van der Waals surface area contributed by atoms with Crippen LogP contribution in [0.15, 0.2) is 3.92 Å². The molecular weight excluding hydrogens is 310 g/mol. The highest BCUT2D eigenvalue weighted by Gasteiger charge is 2.21. The molecule has 3 N–H and O–H groups in total. The van der Waals surface area contributed by atoms with E-state index in [4.69, 9.17) is 10.5 Å². The Bertz CT molecular complexity index is 453. The van der Waals surface area contributed by atoms with E-state index in [1.807, 2.05) is 0 Å². The van der Waals surface area contributed by atoms with Crippen LogP contribution in [-0.2, 0) is 4.74 Å². The average Bonchev–Trinajstić information content (AvgIpc) is 2.42. The molecule has 94 valence electrons. The number of nitrogens with two attached hydrogens (primary N) is 1. The summed E-state index contributed by atoms with van der Waals surface area (Å²) in [6.45, 7) is 5.22. The molecule has 1 aromatic rings. The smallest absolute Gasteiger partial charge is 0.412 e. The second-order valence-electron chi connectivity index (χ2n) is 4.14. The minimum atomic E-state index is -0.710. The van der Waals surface area contributed by atoms with Gasteiger partial charge in [0.2, 0.25) is 0 Å². The van der Waals surface area contributed by atoms with Gasteiger partial charge in [0.15, 0.2) is 9.61 Å². The van der Waals surface area contributed by atoms with Crippen molar-refractivity contribution in [2.24, 2.45) is 5.73 Å². The number of primary amides is 1. The van der Waals surface area contributed by atoms with Gasteiger partial charge in [-0.15, -0.1) is 0 Å². The maximum Gasteiger partial charge on any atom is 0.412 e. The van der Waals surface area contributed by atoms with E-state index in [9.17, 15) is 9.59 Å². The number of halogens is 1. The number of carbonyl (C=O) groups excluding carboxylic acids is 2. The van der Waals surface area contributed by atoms with Gasteiger partial charge in [-0.3, -0.25) is 10.1 Å². The molecule has 0 spiro atoms. The number of aromatic nitrogens is 1. The molecule has 0 aliphatic carbocycles. The summed E-state index contributed by atoms with van der Waals surface area (Å²) < 4.78 is 5.50. The highest BCUT2D eigenvalue weighted by atomic mass is 79.9. The fourth-order valence-electron chi connectivity index (χ4n) is 0.942. The van der Waals surface area contributed by atoms with Gasteiger partial charge in [0.25, 0.3) is 5.91 Å². The lowest BCUT2D eigenvalue weighted by Crippen LogP contribution is -2.27. The second kappa shape index (κ2) is 5.01. The number of hydrogen-bond acceptors (Lipinski definition) is 5. The number of ether oxygens (including phenoxy) is 1. The van der Waals surface area contributed by atoms with Crippen LogP contribution in [0.3, 0.4) is 0 Å². The fourth-order valence-corrected chi connectivity index (χ4v) is 2.29. The lowest BCUT2D eigenvalue weighted by Gasteiger charge is -2.19. The minimum Gasteiger partial charge on any atom is -0.444 e. The summed E-state index contributed by atoms with van der Waals surface area (Å²) in [7, 11) is 0. The molecule has 0 aliphatic rings. The van der Waals surface area contributed by atoms with Crippen LogP contribution in [0.4, 0.5) is 9.80 Å². The van der Waals surface area contributed by atoms with E-state index in [0.29, 0.717) is 3.92 Å². The Balaban J connectivity index is 2.81. The molecule has 0 atom stereocenters. The van der Waals surface area contributed by atoms with E-state index in [-0.39, 0.29) is 10.7 Å². The largest absolute Gasteiger partial charge is 0.444 e. The third kappa shape index (κ3) is 4.31. The van der Waals surface area contributed by atoms with Crippen LogP contribution in [0.25, 0.3) is 0 Å². The van der Waals surface area contributed by atoms with Crippen molar-refractivity contribution in [2.45, 2.75) is 26.4 Å². The molecule has 0 unspecified atom stereocenters. The molecule has 2 amide bonds. The summed E-state index contributed by atoms with van der Waals surface area (Å²) in [6, 6.07) is 0. The molecule has 1 rings (SSSR count). The monoisotopic (exact) mass is 321 g/mol. The van der Waals surface area contributed by atoms with Gasteiger partial charge < -0.3 is 10.5 Å². The third-order valence-electron chi connectivity index (χ3n) is 1.45. The minimum absolute atomic E-state index is 0.00716. The molecule has 0 saturated carbocycles. The first-order chi connectivity index (χ1) is 7.69.